The van der Waals surface area contributed by atoms with Crippen molar-refractivity contribution in [3.63, 3.8) is 0 Å². The first kappa shape index (κ1) is 25.0. The number of thioether (sulfide) groups is 1. The van der Waals surface area contributed by atoms with Crippen molar-refractivity contribution in [1.82, 2.24) is 24.6 Å². The van der Waals surface area contributed by atoms with Gasteiger partial charge in [-0.05, 0) is 42.7 Å². The van der Waals surface area contributed by atoms with E-state index in [0.717, 1.165) is 30.5 Å². The summed E-state index contributed by atoms with van der Waals surface area (Å²) < 4.78 is 29.7. The van der Waals surface area contributed by atoms with Gasteiger partial charge in [-0.2, -0.15) is 16.9 Å². The van der Waals surface area contributed by atoms with Crippen molar-refractivity contribution in [3.8, 4) is 0 Å². The van der Waals surface area contributed by atoms with Crippen LogP contribution >= 0.6 is 11.8 Å². The van der Waals surface area contributed by atoms with Gasteiger partial charge in [-0.1, -0.05) is 13.0 Å². The fourth-order valence-corrected chi connectivity index (χ4v) is 5.68. The third-order valence-corrected chi connectivity index (χ3v) is 7.87. The second kappa shape index (κ2) is 11.1. The van der Waals surface area contributed by atoms with Crippen LogP contribution < -0.4 is 0 Å². The van der Waals surface area contributed by atoms with Crippen LogP contribution in [0.15, 0.2) is 61.5 Å². The van der Waals surface area contributed by atoms with Crippen molar-refractivity contribution < 1.29 is 18.7 Å². The Hall–Kier alpha value is -3.11. The summed E-state index contributed by atoms with van der Waals surface area (Å²) in [6.07, 6.45) is 11.0. The molecule has 2 aromatic heterocycles. The lowest BCUT2D eigenvalue weighted by Crippen LogP contribution is -2.44. The zero-order valence-electron chi connectivity index (χ0n) is 19.3. The highest BCUT2D eigenvalue weighted by Gasteiger charge is 2.41. The lowest BCUT2D eigenvalue weighted by Gasteiger charge is -2.38. The zero-order valence-corrected chi connectivity index (χ0v) is 20.1. The highest BCUT2D eigenvalue weighted by Crippen LogP contribution is 2.40. The predicted molar refractivity (Wildman–Crippen MR) is 130 cm³/mol. The summed E-state index contributed by atoms with van der Waals surface area (Å²) in [6.45, 7) is 2.99. The highest BCUT2D eigenvalue weighted by molar-refractivity contribution is 8.00. The first-order valence-corrected chi connectivity index (χ1v) is 12.3. The number of halogens is 2. The van der Waals surface area contributed by atoms with Crippen molar-refractivity contribution in [2.24, 2.45) is 0 Å². The third kappa shape index (κ3) is 6.12. The van der Waals surface area contributed by atoms with Crippen LogP contribution in [0.4, 0.5) is 8.78 Å². The van der Waals surface area contributed by atoms with E-state index >= 15 is 0 Å². The number of carbonyl (C=O) groups excluding carboxylic acids is 1. The molecule has 184 valence electrons. The summed E-state index contributed by atoms with van der Waals surface area (Å²) in [6, 6.07) is 6.88. The first-order valence-electron chi connectivity index (χ1n) is 11.4. The van der Waals surface area contributed by atoms with E-state index in [1.165, 1.54) is 23.4 Å². The van der Waals surface area contributed by atoms with Crippen molar-refractivity contribution in [2.45, 2.75) is 42.4 Å². The predicted octanol–water partition coefficient (Wildman–Crippen LogP) is 3.67. The number of hydrogen-bond donors (Lipinski definition) is 1. The Balaban J connectivity index is 1.41. The molecular formula is C25H27F2N5O2S. The van der Waals surface area contributed by atoms with Crippen molar-refractivity contribution in [1.29, 1.82) is 0 Å². The molecule has 0 unspecified atom stereocenters. The van der Waals surface area contributed by atoms with Crippen LogP contribution in [0, 0.1) is 11.6 Å². The molecule has 1 aliphatic rings. The Morgan fingerprint density at radius 1 is 1.23 bits per heavy atom. The molecule has 7 nitrogen and oxygen atoms in total. The smallest absolute Gasteiger partial charge is 0.246 e. The molecule has 1 saturated heterocycles. The van der Waals surface area contributed by atoms with E-state index in [2.05, 4.69) is 15.1 Å². The van der Waals surface area contributed by atoms with Crippen LogP contribution in [0.25, 0.3) is 6.08 Å². The fraction of sp³-hybridized carbons (Fsp3) is 0.360. The molecule has 1 aromatic carbocycles. The molecule has 35 heavy (non-hydrogen) atoms. The number of benzene rings is 1. The molecule has 2 atom stereocenters. The van der Waals surface area contributed by atoms with Crippen molar-refractivity contribution in [2.75, 3.05) is 13.1 Å². The van der Waals surface area contributed by atoms with E-state index in [4.69, 9.17) is 0 Å². The van der Waals surface area contributed by atoms with Crippen LogP contribution in [0.2, 0.25) is 0 Å². The van der Waals surface area contributed by atoms with Crippen molar-refractivity contribution in [3.05, 3.63) is 84.2 Å². The standard InChI is InChI=1S/C25H27F2N5O2S/c1-18(25(34,15-32-17-29-16-30-32)22-4-3-20(26)14-23(22)27)35-21-8-12-31(13-9-21)24(33)5-2-19-6-10-28-11-7-19/h2-7,10-11,14,16-18,21,34H,8-9,12-13,15H2,1H3/b5-2+/t18-,25-/m1/s1. The van der Waals surface area contributed by atoms with E-state index in [-0.39, 0.29) is 23.3 Å². The molecule has 4 rings (SSSR count). The number of pyridine rings is 1. The van der Waals surface area contributed by atoms with Gasteiger partial charge in [-0.3, -0.25) is 9.78 Å². The molecule has 0 spiro atoms. The molecule has 3 heterocycles. The molecule has 0 bridgehead atoms. The van der Waals surface area contributed by atoms with Gasteiger partial charge in [-0.25, -0.2) is 18.4 Å². The maximum Gasteiger partial charge on any atom is 0.246 e. The molecule has 1 aliphatic heterocycles. The molecule has 1 fully saturated rings. The van der Waals surface area contributed by atoms with E-state index in [0.29, 0.717) is 13.1 Å². The second-order valence-electron chi connectivity index (χ2n) is 8.56. The zero-order chi connectivity index (χ0) is 24.8. The number of rotatable bonds is 8. The van der Waals surface area contributed by atoms with E-state index < -0.39 is 22.5 Å². The van der Waals surface area contributed by atoms with Crippen LogP contribution in [0.5, 0.6) is 0 Å². The average molecular weight is 500 g/mol. The minimum Gasteiger partial charge on any atom is -0.382 e. The van der Waals surface area contributed by atoms with Gasteiger partial charge in [0.15, 0.2) is 0 Å². The number of hydrogen-bond acceptors (Lipinski definition) is 6. The summed E-state index contributed by atoms with van der Waals surface area (Å²) in [5.74, 6) is -1.56. The van der Waals surface area contributed by atoms with Gasteiger partial charge >= 0.3 is 0 Å². The number of aromatic nitrogens is 4. The number of amides is 1. The number of carbonyl (C=O) groups is 1. The topological polar surface area (TPSA) is 84.1 Å². The minimum absolute atomic E-state index is 0.0169. The van der Waals surface area contributed by atoms with Crippen molar-refractivity contribution >= 4 is 23.7 Å². The lowest BCUT2D eigenvalue weighted by molar-refractivity contribution is -0.126. The number of piperidine rings is 1. The average Bonchev–Trinajstić information content (AvgIpc) is 3.36. The van der Waals surface area contributed by atoms with Gasteiger partial charge in [0.2, 0.25) is 5.91 Å². The molecular weight excluding hydrogens is 472 g/mol. The van der Waals surface area contributed by atoms with Gasteiger partial charge in [0.25, 0.3) is 0 Å². The SMILES string of the molecule is C[C@@H](SC1CCN(C(=O)/C=C/c2ccncc2)CC1)[C@](O)(Cn1cncn1)c1ccc(F)cc1F. The van der Waals surface area contributed by atoms with Crippen LogP contribution in [-0.4, -0.2) is 59.3 Å². The molecule has 10 heteroatoms. The fourth-order valence-electron chi connectivity index (χ4n) is 4.20. The summed E-state index contributed by atoms with van der Waals surface area (Å²) in [4.78, 5) is 22.3. The van der Waals surface area contributed by atoms with Gasteiger partial charge in [0.05, 0.1) is 6.54 Å². The van der Waals surface area contributed by atoms with E-state index in [1.807, 2.05) is 19.1 Å². The van der Waals surface area contributed by atoms with Gasteiger partial charge in [-0.15, -0.1) is 0 Å². The maximum absolute atomic E-state index is 14.7. The molecule has 1 N–H and O–H groups in total. The number of likely N-dealkylation sites (tertiary alicyclic amines) is 1. The third-order valence-electron chi connectivity index (χ3n) is 6.21. The summed E-state index contributed by atoms with van der Waals surface area (Å²) in [7, 11) is 0. The molecule has 0 aliphatic carbocycles. The Morgan fingerprint density at radius 2 is 1.97 bits per heavy atom. The van der Waals surface area contributed by atoms with Gasteiger partial charge < -0.3 is 10.0 Å². The lowest BCUT2D eigenvalue weighted by atomic mass is 9.90. The summed E-state index contributed by atoms with van der Waals surface area (Å²) >= 11 is 1.55. The quantitative estimate of drug-likeness (QED) is 0.476. The van der Waals surface area contributed by atoms with Crippen LogP contribution in [0.3, 0.4) is 0 Å². The summed E-state index contributed by atoms with van der Waals surface area (Å²) in [5.41, 5.74) is -0.716. The second-order valence-corrected chi connectivity index (χ2v) is 10.2. The Labute approximate surface area is 206 Å². The minimum atomic E-state index is -1.64. The summed E-state index contributed by atoms with van der Waals surface area (Å²) in [5, 5.41) is 15.5. The Kier molecular flexibility index (Phi) is 7.92. The normalized spacial score (nSPS) is 17.4. The Bertz CT molecular complexity index is 1150. The maximum atomic E-state index is 14.7. The van der Waals surface area contributed by atoms with E-state index in [9.17, 15) is 18.7 Å². The highest BCUT2D eigenvalue weighted by atomic mass is 32.2. The van der Waals surface area contributed by atoms with E-state index in [1.54, 1.807) is 41.2 Å². The number of nitrogens with zero attached hydrogens (tertiary/aromatic N) is 5. The van der Waals surface area contributed by atoms with Crippen LogP contribution in [0.1, 0.15) is 30.9 Å². The first-order chi connectivity index (χ1) is 16.8. The molecule has 0 saturated carbocycles. The molecule has 0 radical (unpaired) electrons. The van der Waals surface area contributed by atoms with Gasteiger partial charge in [0.1, 0.15) is 29.9 Å². The monoisotopic (exact) mass is 499 g/mol. The van der Waals surface area contributed by atoms with Crippen LogP contribution in [-0.2, 0) is 16.9 Å². The number of aliphatic hydroxyl groups is 1. The van der Waals surface area contributed by atoms with Gasteiger partial charge in [0, 0.05) is 53.7 Å². The Morgan fingerprint density at radius 3 is 2.63 bits per heavy atom. The molecule has 1 amide bonds. The largest absolute Gasteiger partial charge is 0.382 e. The molecule has 3 aromatic rings.